The Hall–Kier alpha value is -4.40. The molecule has 0 saturated carbocycles. The molecule has 0 fully saturated rings. The molecule has 8 nitrogen and oxygen atoms in total. The van der Waals surface area contributed by atoms with Gasteiger partial charge in [-0.3, -0.25) is 9.80 Å². The Balaban J connectivity index is 1.20. The van der Waals surface area contributed by atoms with Gasteiger partial charge < -0.3 is 29.2 Å². The molecule has 4 aromatic rings. The second kappa shape index (κ2) is 11.5. The third-order valence-electron chi connectivity index (χ3n) is 9.90. The summed E-state index contributed by atoms with van der Waals surface area (Å²) in [5.74, 6) is 3.15. The molecule has 0 unspecified atom stereocenters. The zero-order valence-corrected chi connectivity index (χ0v) is 26.5. The smallest absolute Gasteiger partial charge is 0.169 e. The molecule has 0 radical (unpaired) electrons. The first-order chi connectivity index (χ1) is 21.8. The zero-order valence-electron chi connectivity index (χ0n) is 26.5. The van der Waals surface area contributed by atoms with Crippen LogP contribution in [0.4, 0.5) is 0 Å². The van der Waals surface area contributed by atoms with Crippen molar-refractivity contribution < 1.29 is 29.2 Å². The van der Waals surface area contributed by atoms with Crippen LogP contribution < -0.4 is 18.9 Å². The molecule has 234 valence electrons. The standard InChI is InChI=1S/C37H40N2O6/c1-38-11-9-22-16-32(42-3)33(43-4)20-26(22)28(38)14-21-7-6-8-25(13-21)45-31-18-24-15-29-35-23(10-12-39(29)2)17-34(44-5)37(41)36(35)27(24)19-30(31)40/h6-8,13,16-20,28-29,40-41H,9-12,14-15H2,1-5H3/t28-,29+/m1/s1. The lowest BCUT2D eigenvalue weighted by atomic mass is 9.76. The summed E-state index contributed by atoms with van der Waals surface area (Å²) in [6.07, 6.45) is 3.39. The Morgan fingerprint density at radius 3 is 2.22 bits per heavy atom. The molecule has 0 spiro atoms. The molecule has 4 aromatic carbocycles. The Kier molecular flexibility index (Phi) is 7.50. The number of phenols is 2. The van der Waals surface area contributed by atoms with E-state index >= 15 is 0 Å². The van der Waals surface area contributed by atoms with E-state index in [1.165, 1.54) is 16.7 Å². The Morgan fingerprint density at radius 1 is 0.756 bits per heavy atom. The largest absolute Gasteiger partial charge is 0.504 e. The van der Waals surface area contributed by atoms with Crippen molar-refractivity contribution in [3.8, 4) is 51.4 Å². The van der Waals surface area contributed by atoms with Crippen LogP contribution in [0, 0.1) is 0 Å². The number of fused-ring (bicyclic) bond motifs is 3. The number of benzene rings is 4. The summed E-state index contributed by atoms with van der Waals surface area (Å²) >= 11 is 0. The molecular formula is C37H40N2O6. The molecule has 0 aromatic heterocycles. The molecule has 3 aliphatic rings. The van der Waals surface area contributed by atoms with Gasteiger partial charge in [-0.2, -0.15) is 0 Å². The Morgan fingerprint density at radius 2 is 1.44 bits per heavy atom. The van der Waals surface area contributed by atoms with Gasteiger partial charge in [0.1, 0.15) is 5.75 Å². The zero-order chi connectivity index (χ0) is 31.4. The van der Waals surface area contributed by atoms with Crippen molar-refractivity contribution in [2.75, 3.05) is 48.5 Å². The van der Waals surface area contributed by atoms with Gasteiger partial charge >= 0.3 is 0 Å². The molecule has 0 saturated heterocycles. The minimum Gasteiger partial charge on any atom is -0.504 e. The normalized spacial score (nSPS) is 18.9. The second-order valence-electron chi connectivity index (χ2n) is 12.4. The molecule has 2 atom stereocenters. The van der Waals surface area contributed by atoms with E-state index in [-0.39, 0.29) is 23.6 Å². The predicted molar refractivity (Wildman–Crippen MR) is 173 cm³/mol. The highest BCUT2D eigenvalue weighted by molar-refractivity contribution is 5.84. The van der Waals surface area contributed by atoms with Crippen molar-refractivity contribution in [3.63, 3.8) is 0 Å². The maximum Gasteiger partial charge on any atom is 0.169 e. The SMILES string of the molecule is COc1cc2c(cc1OC)[C@@H](Cc1cccc(Oc3cc4c(cc3O)-c3c(O)c(OC)cc5c3[C@H](C4)N(C)CC5)c1)N(C)CC2. The van der Waals surface area contributed by atoms with E-state index in [2.05, 4.69) is 48.2 Å². The van der Waals surface area contributed by atoms with Crippen molar-refractivity contribution in [1.29, 1.82) is 0 Å². The van der Waals surface area contributed by atoms with Crippen LogP contribution in [0.1, 0.15) is 45.5 Å². The highest BCUT2D eigenvalue weighted by Gasteiger charge is 2.36. The lowest BCUT2D eigenvalue weighted by Crippen LogP contribution is -2.35. The van der Waals surface area contributed by atoms with Gasteiger partial charge in [0.15, 0.2) is 34.5 Å². The number of nitrogens with zero attached hydrogens (tertiary/aromatic N) is 2. The molecule has 1 aliphatic carbocycles. The summed E-state index contributed by atoms with van der Waals surface area (Å²) in [7, 11) is 9.21. The van der Waals surface area contributed by atoms with Gasteiger partial charge in [0.2, 0.25) is 0 Å². The average Bonchev–Trinajstić information content (AvgIpc) is 3.04. The Labute approximate surface area is 264 Å². The van der Waals surface area contributed by atoms with Gasteiger partial charge in [-0.05, 0) is 121 Å². The first-order valence-electron chi connectivity index (χ1n) is 15.5. The lowest BCUT2D eigenvalue weighted by molar-refractivity contribution is 0.226. The van der Waals surface area contributed by atoms with Crippen LogP contribution in [0.15, 0.2) is 54.6 Å². The quantitative estimate of drug-likeness (QED) is 0.248. The van der Waals surface area contributed by atoms with E-state index in [0.717, 1.165) is 78.1 Å². The van der Waals surface area contributed by atoms with Crippen molar-refractivity contribution >= 4 is 0 Å². The number of ether oxygens (including phenoxy) is 4. The first-order valence-corrected chi connectivity index (χ1v) is 15.5. The molecular weight excluding hydrogens is 568 g/mol. The molecule has 0 bridgehead atoms. The topological polar surface area (TPSA) is 83.9 Å². The molecule has 45 heavy (non-hydrogen) atoms. The van der Waals surface area contributed by atoms with Crippen LogP contribution in [0.25, 0.3) is 11.1 Å². The fraction of sp³-hybridized carbons (Fsp3) is 0.351. The summed E-state index contributed by atoms with van der Waals surface area (Å²) in [5.41, 5.74) is 8.56. The van der Waals surface area contributed by atoms with Crippen molar-refractivity contribution in [2.45, 2.75) is 37.8 Å². The van der Waals surface area contributed by atoms with Crippen LogP contribution >= 0.6 is 0 Å². The van der Waals surface area contributed by atoms with Crippen molar-refractivity contribution in [3.05, 3.63) is 88.0 Å². The van der Waals surface area contributed by atoms with Crippen LogP contribution in [-0.2, 0) is 25.7 Å². The minimum atomic E-state index is 0.0275. The van der Waals surface area contributed by atoms with Crippen LogP contribution in [0.2, 0.25) is 0 Å². The number of aromatic hydroxyl groups is 2. The number of hydrogen-bond acceptors (Lipinski definition) is 8. The highest BCUT2D eigenvalue weighted by atomic mass is 16.5. The summed E-state index contributed by atoms with van der Waals surface area (Å²) < 4.78 is 23.1. The number of likely N-dealkylation sites (N-methyl/N-ethyl adjacent to an activating group) is 2. The van der Waals surface area contributed by atoms with Gasteiger partial charge in [0.05, 0.1) is 21.3 Å². The second-order valence-corrected chi connectivity index (χ2v) is 12.4. The maximum atomic E-state index is 11.3. The van der Waals surface area contributed by atoms with Gasteiger partial charge in [-0.25, -0.2) is 0 Å². The predicted octanol–water partition coefficient (Wildman–Crippen LogP) is 6.44. The van der Waals surface area contributed by atoms with Crippen LogP contribution in [0.5, 0.6) is 40.2 Å². The number of hydrogen-bond donors (Lipinski definition) is 2. The number of rotatable bonds is 7. The fourth-order valence-electron chi connectivity index (χ4n) is 7.47. The van der Waals surface area contributed by atoms with E-state index < -0.39 is 0 Å². The summed E-state index contributed by atoms with van der Waals surface area (Å²) in [6, 6.07) is 18.2. The highest BCUT2D eigenvalue weighted by Crippen LogP contribution is 2.53. The molecule has 7 rings (SSSR count). The monoisotopic (exact) mass is 608 g/mol. The number of phenolic OH excluding ortho intramolecular Hbond substituents is 2. The molecule has 2 aliphatic heterocycles. The van der Waals surface area contributed by atoms with Crippen molar-refractivity contribution in [2.24, 2.45) is 0 Å². The van der Waals surface area contributed by atoms with Crippen LogP contribution in [-0.4, -0.2) is 68.5 Å². The minimum absolute atomic E-state index is 0.0275. The molecule has 2 heterocycles. The van der Waals surface area contributed by atoms with E-state index in [0.29, 0.717) is 17.2 Å². The molecule has 0 amide bonds. The fourth-order valence-corrected chi connectivity index (χ4v) is 7.47. The summed E-state index contributed by atoms with van der Waals surface area (Å²) in [4.78, 5) is 4.72. The van der Waals surface area contributed by atoms with Gasteiger partial charge in [0, 0.05) is 30.7 Å². The van der Waals surface area contributed by atoms with E-state index in [9.17, 15) is 10.2 Å². The van der Waals surface area contributed by atoms with Crippen LogP contribution in [0.3, 0.4) is 0 Å². The van der Waals surface area contributed by atoms with Gasteiger partial charge in [-0.1, -0.05) is 12.1 Å². The lowest BCUT2D eigenvalue weighted by Gasteiger charge is -2.40. The van der Waals surface area contributed by atoms with Gasteiger partial charge in [0.25, 0.3) is 0 Å². The van der Waals surface area contributed by atoms with E-state index in [1.807, 2.05) is 24.3 Å². The Bertz CT molecular complexity index is 1790. The molecule has 8 heteroatoms. The third kappa shape index (κ3) is 5.02. The average molecular weight is 609 g/mol. The summed E-state index contributed by atoms with van der Waals surface area (Å²) in [6.45, 7) is 1.88. The van der Waals surface area contributed by atoms with E-state index in [1.54, 1.807) is 27.4 Å². The summed E-state index contributed by atoms with van der Waals surface area (Å²) in [5, 5.41) is 22.5. The van der Waals surface area contributed by atoms with Crippen molar-refractivity contribution in [1.82, 2.24) is 9.80 Å². The third-order valence-corrected chi connectivity index (χ3v) is 9.90. The molecule has 2 N–H and O–H groups in total. The maximum absolute atomic E-state index is 11.3. The number of methoxy groups -OCH3 is 3. The van der Waals surface area contributed by atoms with E-state index in [4.69, 9.17) is 18.9 Å². The first kappa shape index (κ1) is 29.3. The van der Waals surface area contributed by atoms with Gasteiger partial charge in [-0.15, -0.1) is 0 Å².